The van der Waals surface area contributed by atoms with Crippen molar-refractivity contribution in [1.82, 2.24) is 14.8 Å². The largest absolute Gasteiger partial charge is 0.480 e. The molecule has 10 heteroatoms. The predicted molar refractivity (Wildman–Crippen MR) is 96.5 cm³/mol. The highest BCUT2D eigenvalue weighted by Crippen LogP contribution is 2.38. The van der Waals surface area contributed by atoms with Crippen LogP contribution in [-0.2, 0) is 25.0 Å². The first kappa shape index (κ1) is 21.7. The quantitative estimate of drug-likeness (QED) is 0.490. The van der Waals surface area contributed by atoms with Gasteiger partial charge in [-0.3, -0.25) is 0 Å². The first-order chi connectivity index (χ1) is 13.8. The molecule has 4 nitrogen and oxygen atoms in total. The number of nitrogens with zero attached hydrogens (tertiary/aromatic N) is 3. The molecule has 30 heavy (non-hydrogen) atoms. The van der Waals surface area contributed by atoms with Crippen LogP contribution in [0.1, 0.15) is 30.8 Å². The number of hydrogen-bond acceptors (Lipinski definition) is 3. The molecule has 0 fully saturated rings. The summed E-state index contributed by atoms with van der Waals surface area (Å²) in [6, 6.07) is 9.24. The molecule has 1 aromatic heterocycles. The molecule has 2 aromatic carbocycles. The zero-order valence-electron chi connectivity index (χ0n) is 16.1. The van der Waals surface area contributed by atoms with Crippen LogP contribution >= 0.6 is 0 Å². The van der Waals surface area contributed by atoms with Crippen molar-refractivity contribution in [1.29, 1.82) is 0 Å². The monoisotopic (exact) mass is 429 g/mol. The highest BCUT2D eigenvalue weighted by molar-refractivity contribution is 5.61. The van der Waals surface area contributed by atoms with Crippen LogP contribution in [0, 0.1) is 0 Å². The van der Waals surface area contributed by atoms with Gasteiger partial charge in [0, 0.05) is 12.6 Å². The third-order valence-corrected chi connectivity index (χ3v) is 4.42. The normalized spacial score (nSPS) is 12.8. The van der Waals surface area contributed by atoms with E-state index in [9.17, 15) is 26.3 Å². The molecule has 0 bridgehead atoms. The van der Waals surface area contributed by atoms with Crippen LogP contribution in [0.3, 0.4) is 0 Å². The SMILES string of the molecule is Cn1c(-c2ccccc2C(F)(F)F)nnc1C(C)(C)Oc1cccc(C(F)(F)F)c1. The van der Waals surface area contributed by atoms with Gasteiger partial charge in [-0.15, -0.1) is 10.2 Å². The fourth-order valence-corrected chi connectivity index (χ4v) is 3.09. The van der Waals surface area contributed by atoms with Gasteiger partial charge in [-0.05, 0) is 38.1 Å². The van der Waals surface area contributed by atoms with Crippen molar-refractivity contribution in [2.45, 2.75) is 31.8 Å². The number of aromatic nitrogens is 3. The van der Waals surface area contributed by atoms with E-state index in [0.717, 1.165) is 18.2 Å². The molecule has 0 atom stereocenters. The van der Waals surface area contributed by atoms with Gasteiger partial charge in [0.25, 0.3) is 0 Å². The lowest BCUT2D eigenvalue weighted by Crippen LogP contribution is -2.29. The summed E-state index contributed by atoms with van der Waals surface area (Å²) in [5.41, 5.74) is -3.20. The first-order valence-corrected chi connectivity index (χ1v) is 8.73. The molecule has 0 unspecified atom stereocenters. The Morgan fingerprint density at radius 3 is 2.13 bits per heavy atom. The maximum Gasteiger partial charge on any atom is 0.417 e. The van der Waals surface area contributed by atoms with Gasteiger partial charge in [0.15, 0.2) is 17.2 Å². The average molecular weight is 429 g/mol. The minimum atomic E-state index is -4.59. The lowest BCUT2D eigenvalue weighted by atomic mass is 10.1. The maximum absolute atomic E-state index is 13.4. The molecule has 0 saturated carbocycles. The van der Waals surface area contributed by atoms with Gasteiger partial charge in [-0.2, -0.15) is 26.3 Å². The number of rotatable bonds is 4. The molecule has 1 heterocycles. The number of hydrogen-bond donors (Lipinski definition) is 0. The average Bonchev–Trinajstić information content (AvgIpc) is 3.02. The van der Waals surface area contributed by atoms with E-state index in [1.807, 2.05) is 0 Å². The van der Waals surface area contributed by atoms with Crippen LogP contribution in [0.15, 0.2) is 48.5 Å². The van der Waals surface area contributed by atoms with Crippen LogP contribution in [0.25, 0.3) is 11.4 Å². The molecule has 160 valence electrons. The van der Waals surface area contributed by atoms with E-state index in [1.165, 1.54) is 55.8 Å². The van der Waals surface area contributed by atoms with Crippen molar-refractivity contribution in [3.63, 3.8) is 0 Å². The third-order valence-electron chi connectivity index (χ3n) is 4.42. The van der Waals surface area contributed by atoms with Gasteiger partial charge in [0.05, 0.1) is 11.1 Å². The lowest BCUT2D eigenvalue weighted by Gasteiger charge is -2.26. The smallest absolute Gasteiger partial charge is 0.417 e. The topological polar surface area (TPSA) is 39.9 Å². The summed E-state index contributed by atoms with van der Waals surface area (Å²) in [6.07, 6.45) is -9.13. The summed E-state index contributed by atoms with van der Waals surface area (Å²) in [7, 11) is 1.47. The number of alkyl halides is 6. The van der Waals surface area contributed by atoms with Gasteiger partial charge in [-0.25, -0.2) is 0 Å². The van der Waals surface area contributed by atoms with Crippen molar-refractivity contribution in [3.05, 3.63) is 65.5 Å². The first-order valence-electron chi connectivity index (χ1n) is 8.73. The highest BCUT2D eigenvalue weighted by Gasteiger charge is 2.37. The van der Waals surface area contributed by atoms with E-state index in [-0.39, 0.29) is 23.0 Å². The molecule has 0 aliphatic rings. The van der Waals surface area contributed by atoms with E-state index < -0.39 is 29.1 Å². The van der Waals surface area contributed by atoms with Gasteiger partial charge in [0.1, 0.15) is 5.75 Å². The summed E-state index contributed by atoms with van der Waals surface area (Å²) in [4.78, 5) is 0. The molecular formula is C20H17F6N3O. The zero-order valence-corrected chi connectivity index (χ0v) is 16.1. The number of benzene rings is 2. The summed E-state index contributed by atoms with van der Waals surface area (Å²) in [6.45, 7) is 3.08. The molecule has 0 saturated heterocycles. The number of ether oxygens (including phenoxy) is 1. The second-order valence-corrected chi connectivity index (χ2v) is 7.09. The second-order valence-electron chi connectivity index (χ2n) is 7.09. The highest BCUT2D eigenvalue weighted by atomic mass is 19.4. The Labute approximate surface area is 168 Å². The molecule has 3 aromatic rings. The summed E-state index contributed by atoms with van der Waals surface area (Å²) in [5, 5.41) is 7.83. The van der Waals surface area contributed by atoms with Crippen LogP contribution in [0.2, 0.25) is 0 Å². The van der Waals surface area contributed by atoms with E-state index in [2.05, 4.69) is 10.2 Å². The Balaban J connectivity index is 1.98. The van der Waals surface area contributed by atoms with E-state index >= 15 is 0 Å². The van der Waals surface area contributed by atoms with Gasteiger partial charge in [0.2, 0.25) is 0 Å². The molecule has 0 radical (unpaired) electrons. The van der Waals surface area contributed by atoms with Gasteiger partial charge < -0.3 is 9.30 Å². The summed E-state index contributed by atoms with van der Waals surface area (Å²) < 4.78 is 85.9. The lowest BCUT2D eigenvalue weighted by molar-refractivity contribution is -0.138. The van der Waals surface area contributed by atoms with Crippen molar-refractivity contribution < 1.29 is 31.1 Å². The van der Waals surface area contributed by atoms with Crippen LogP contribution in [-0.4, -0.2) is 14.8 Å². The van der Waals surface area contributed by atoms with E-state index in [0.29, 0.717) is 0 Å². The minimum absolute atomic E-state index is 0.0429. The van der Waals surface area contributed by atoms with E-state index in [4.69, 9.17) is 4.74 Å². The Kier molecular flexibility index (Phi) is 5.30. The maximum atomic E-state index is 13.4. The standard InChI is InChI=1S/C20H17F6N3O/c1-18(2,30-13-8-6-7-12(11-13)19(21,22)23)17-28-27-16(29(17)3)14-9-4-5-10-15(14)20(24,25)26/h4-11H,1-3H3. The second kappa shape index (κ2) is 7.33. The van der Waals surface area contributed by atoms with Gasteiger partial charge in [-0.1, -0.05) is 24.3 Å². The molecule has 0 spiro atoms. The Morgan fingerprint density at radius 2 is 1.50 bits per heavy atom. The molecule has 0 aliphatic carbocycles. The molecule has 3 rings (SSSR count). The Bertz CT molecular complexity index is 1050. The van der Waals surface area contributed by atoms with Crippen LogP contribution < -0.4 is 4.74 Å². The molecule has 0 amide bonds. The zero-order chi connectivity index (χ0) is 22.3. The van der Waals surface area contributed by atoms with Crippen molar-refractivity contribution in [2.75, 3.05) is 0 Å². The fourth-order valence-electron chi connectivity index (χ4n) is 3.09. The van der Waals surface area contributed by atoms with Gasteiger partial charge >= 0.3 is 12.4 Å². The Hall–Kier alpha value is -3.04. The van der Waals surface area contributed by atoms with Crippen LogP contribution in [0.5, 0.6) is 5.75 Å². The summed E-state index contributed by atoms with van der Waals surface area (Å²) in [5.74, 6) is 0.0422. The van der Waals surface area contributed by atoms with Crippen molar-refractivity contribution >= 4 is 0 Å². The van der Waals surface area contributed by atoms with Crippen molar-refractivity contribution in [3.8, 4) is 17.1 Å². The molecule has 0 N–H and O–H groups in total. The molecular weight excluding hydrogens is 412 g/mol. The summed E-state index contributed by atoms with van der Waals surface area (Å²) >= 11 is 0. The number of halogens is 6. The predicted octanol–water partition coefficient (Wildman–Crippen LogP) is 5.83. The third kappa shape index (κ3) is 4.27. The Morgan fingerprint density at radius 1 is 0.833 bits per heavy atom. The molecule has 0 aliphatic heterocycles. The van der Waals surface area contributed by atoms with Crippen molar-refractivity contribution in [2.24, 2.45) is 7.05 Å². The van der Waals surface area contributed by atoms with E-state index in [1.54, 1.807) is 0 Å². The minimum Gasteiger partial charge on any atom is -0.480 e. The fraction of sp³-hybridized carbons (Fsp3) is 0.300. The van der Waals surface area contributed by atoms with Crippen LogP contribution in [0.4, 0.5) is 26.3 Å².